The molecule has 0 radical (unpaired) electrons. The average molecular weight is 260 g/mol. The fourth-order valence-corrected chi connectivity index (χ4v) is 5.47. The number of carbonyl (C=O) groups is 1. The normalized spacial score (nSPS) is 40.8. The smallest absolute Gasteiger partial charge is 0.239 e. The molecule has 0 spiro atoms. The molecule has 4 rings (SSSR count). The molecule has 4 saturated carbocycles. The lowest BCUT2D eigenvalue weighted by atomic mass is 9.48. The van der Waals surface area contributed by atoms with Crippen LogP contribution in [0, 0.1) is 40.4 Å². The molecule has 19 heavy (non-hydrogen) atoms. The summed E-state index contributed by atoms with van der Waals surface area (Å²) >= 11 is 0. The summed E-state index contributed by atoms with van der Waals surface area (Å²) in [4.78, 5) is 13.7. The van der Waals surface area contributed by atoms with Crippen LogP contribution in [0.3, 0.4) is 0 Å². The van der Waals surface area contributed by atoms with Crippen LogP contribution >= 0.6 is 0 Å². The van der Waals surface area contributed by atoms with Crippen molar-refractivity contribution in [2.24, 2.45) is 29.1 Å². The minimum atomic E-state index is -0.425. The monoisotopic (exact) mass is 260 g/mol. The first-order valence-electron chi connectivity index (χ1n) is 7.62. The molecule has 1 atom stereocenters. The second-order valence-electron chi connectivity index (χ2n) is 7.54. The topological polar surface area (TPSA) is 44.1 Å². The van der Waals surface area contributed by atoms with Crippen molar-refractivity contribution in [1.29, 1.82) is 5.26 Å². The molecule has 0 aromatic carbocycles. The molecule has 4 aliphatic carbocycles. The molecule has 3 heteroatoms. The van der Waals surface area contributed by atoms with E-state index >= 15 is 0 Å². The van der Waals surface area contributed by atoms with E-state index in [9.17, 15) is 10.1 Å². The van der Waals surface area contributed by atoms with E-state index in [1.807, 2.05) is 0 Å². The zero-order valence-corrected chi connectivity index (χ0v) is 12.1. The Morgan fingerprint density at radius 3 is 2.05 bits per heavy atom. The highest BCUT2D eigenvalue weighted by atomic mass is 16.2. The fraction of sp³-hybridized carbons (Fsp3) is 0.875. The Kier molecular flexibility index (Phi) is 3.08. The Morgan fingerprint density at radius 1 is 1.21 bits per heavy atom. The summed E-state index contributed by atoms with van der Waals surface area (Å²) in [6.07, 6.45) is 8.88. The van der Waals surface area contributed by atoms with Gasteiger partial charge in [-0.05, 0) is 68.1 Å². The van der Waals surface area contributed by atoms with Gasteiger partial charge in [-0.15, -0.1) is 0 Å². The van der Waals surface area contributed by atoms with Gasteiger partial charge in [0.05, 0.1) is 6.07 Å². The number of nitrogens with zero attached hydrogens (tertiary/aromatic N) is 2. The molecule has 0 heterocycles. The Morgan fingerprint density at radius 2 is 1.68 bits per heavy atom. The summed E-state index contributed by atoms with van der Waals surface area (Å²) in [5, 5.41) is 9.35. The zero-order valence-electron chi connectivity index (χ0n) is 12.1. The van der Waals surface area contributed by atoms with Crippen LogP contribution in [0.1, 0.15) is 44.9 Å². The number of hydrogen-bond donors (Lipinski definition) is 0. The van der Waals surface area contributed by atoms with Crippen molar-refractivity contribution in [3.05, 3.63) is 0 Å². The maximum atomic E-state index is 12.1. The molecule has 4 bridgehead atoms. The molecule has 0 saturated heterocycles. The molecular weight excluding hydrogens is 236 g/mol. The SMILES string of the molecule is CN(C)C(=O)C(C#N)CC12CC3CC(CC(C3)C1)C2. The van der Waals surface area contributed by atoms with E-state index in [0.29, 0.717) is 5.41 Å². The zero-order chi connectivity index (χ0) is 13.6. The molecule has 1 amide bonds. The van der Waals surface area contributed by atoms with E-state index in [1.165, 1.54) is 38.5 Å². The predicted molar refractivity (Wildman–Crippen MR) is 73.0 cm³/mol. The van der Waals surface area contributed by atoms with Gasteiger partial charge in [-0.1, -0.05) is 0 Å². The first kappa shape index (κ1) is 13.0. The molecule has 0 aromatic rings. The molecular formula is C16H24N2O. The lowest BCUT2D eigenvalue weighted by Gasteiger charge is -2.57. The Hall–Kier alpha value is -1.04. The standard InChI is InChI=1S/C16H24N2O/c1-18(2)15(19)14(10-17)9-16-6-11-3-12(7-16)5-13(4-11)8-16/h11-14H,3-9H2,1-2H3. The third-order valence-corrected chi connectivity index (χ3v) is 5.70. The van der Waals surface area contributed by atoms with Crippen LogP contribution in [0.5, 0.6) is 0 Å². The molecule has 4 aliphatic rings. The predicted octanol–water partition coefficient (Wildman–Crippen LogP) is 2.82. The Labute approximate surface area is 116 Å². The second-order valence-corrected chi connectivity index (χ2v) is 7.54. The highest BCUT2D eigenvalue weighted by Gasteiger charge is 2.51. The molecule has 0 aliphatic heterocycles. The van der Waals surface area contributed by atoms with Crippen molar-refractivity contribution in [1.82, 2.24) is 4.90 Å². The molecule has 0 aromatic heterocycles. The maximum Gasteiger partial charge on any atom is 0.239 e. The molecule has 4 fully saturated rings. The fourth-order valence-electron chi connectivity index (χ4n) is 5.47. The van der Waals surface area contributed by atoms with Crippen LogP contribution in [0.15, 0.2) is 0 Å². The van der Waals surface area contributed by atoms with Gasteiger partial charge in [-0.25, -0.2) is 0 Å². The van der Waals surface area contributed by atoms with Gasteiger partial charge >= 0.3 is 0 Å². The number of carbonyl (C=O) groups excluding carboxylic acids is 1. The molecule has 3 nitrogen and oxygen atoms in total. The van der Waals surface area contributed by atoms with Crippen LogP contribution in [-0.2, 0) is 4.79 Å². The highest BCUT2D eigenvalue weighted by Crippen LogP contribution is 2.62. The molecule has 1 unspecified atom stereocenters. The van der Waals surface area contributed by atoms with Crippen molar-refractivity contribution >= 4 is 5.91 Å². The number of rotatable bonds is 3. The van der Waals surface area contributed by atoms with Crippen molar-refractivity contribution < 1.29 is 4.79 Å². The minimum absolute atomic E-state index is 0.00162. The van der Waals surface area contributed by atoms with Crippen LogP contribution < -0.4 is 0 Å². The van der Waals surface area contributed by atoms with Crippen molar-refractivity contribution in [2.45, 2.75) is 44.9 Å². The van der Waals surface area contributed by atoms with E-state index in [2.05, 4.69) is 6.07 Å². The van der Waals surface area contributed by atoms with E-state index in [0.717, 1.165) is 24.2 Å². The number of hydrogen-bond acceptors (Lipinski definition) is 2. The van der Waals surface area contributed by atoms with E-state index in [-0.39, 0.29) is 5.91 Å². The first-order valence-corrected chi connectivity index (χ1v) is 7.62. The quantitative estimate of drug-likeness (QED) is 0.783. The third kappa shape index (κ3) is 2.26. The van der Waals surface area contributed by atoms with E-state index in [4.69, 9.17) is 0 Å². The summed E-state index contributed by atoms with van der Waals surface area (Å²) in [5.41, 5.74) is 0.320. The van der Waals surface area contributed by atoms with Crippen molar-refractivity contribution in [2.75, 3.05) is 14.1 Å². The van der Waals surface area contributed by atoms with E-state index in [1.54, 1.807) is 19.0 Å². The van der Waals surface area contributed by atoms with Gasteiger partial charge in [0.25, 0.3) is 0 Å². The van der Waals surface area contributed by atoms with Crippen LogP contribution in [0.4, 0.5) is 0 Å². The minimum Gasteiger partial charge on any atom is -0.348 e. The van der Waals surface area contributed by atoms with Gasteiger partial charge in [0.2, 0.25) is 5.91 Å². The summed E-state index contributed by atoms with van der Waals surface area (Å²) in [7, 11) is 3.51. The van der Waals surface area contributed by atoms with Crippen LogP contribution in [0.2, 0.25) is 0 Å². The van der Waals surface area contributed by atoms with Crippen LogP contribution in [-0.4, -0.2) is 24.9 Å². The van der Waals surface area contributed by atoms with Gasteiger partial charge in [-0.2, -0.15) is 5.26 Å². The maximum absolute atomic E-state index is 12.1. The van der Waals surface area contributed by atoms with Gasteiger partial charge in [0, 0.05) is 14.1 Å². The van der Waals surface area contributed by atoms with Crippen LogP contribution in [0.25, 0.3) is 0 Å². The van der Waals surface area contributed by atoms with Crippen molar-refractivity contribution in [3.63, 3.8) is 0 Å². The van der Waals surface area contributed by atoms with Gasteiger partial charge in [0.1, 0.15) is 5.92 Å². The summed E-state index contributed by atoms with van der Waals surface area (Å²) in [6.45, 7) is 0. The summed E-state index contributed by atoms with van der Waals surface area (Å²) < 4.78 is 0. The summed E-state index contributed by atoms with van der Waals surface area (Å²) in [5.74, 6) is 2.24. The third-order valence-electron chi connectivity index (χ3n) is 5.70. The van der Waals surface area contributed by atoms with Gasteiger partial charge < -0.3 is 4.90 Å². The lowest BCUT2D eigenvalue weighted by Crippen LogP contribution is -2.47. The number of amides is 1. The highest BCUT2D eigenvalue weighted by molar-refractivity contribution is 5.80. The van der Waals surface area contributed by atoms with Gasteiger partial charge in [-0.3, -0.25) is 4.79 Å². The largest absolute Gasteiger partial charge is 0.348 e. The summed E-state index contributed by atoms with van der Waals surface area (Å²) in [6, 6.07) is 2.27. The van der Waals surface area contributed by atoms with E-state index < -0.39 is 5.92 Å². The average Bonchev–Trinajstić information content (AvgIpc) is 2.33. The Balaban J connectivity index is 1.75. The molecule has 104 valence electrons. The Bertz CT molecular complexity index is 386. The number of nitriles is 1. The first-order chi connectivity index (χ1) is 9.01. The lowest BCUT2D eigenvalue weighted by molar-refractivity contribution is -0.134. The molecule has 0 N–H and O–H groups in total. The second kappa shape index (κ2) is 4.51. The van der Waals surface area contributed by atoms with Gasteiger partial charge in [0.15, 0.2) is 0 Å². The van der Waals surface area contributed by atoms with Crippen molar-refractivity contribution in [3.8, 4) is 6.07 Å².